The number of aromatic nitrogens is 2. The van der Waals surface area contributed by atoms with Gasteiger partial charge in [-0.3, -0.25) is 4.79 Å². The first-order chi connectivity index (χ1) is 7.79. The quantitative estimate of drug-likeness (QED) is 0.678. The van der Waals surface area contributed by atoms with E-state index in [1.165, 1.54) is 16.8 Å². The molecule has 1 aromatic heterocycles. The molecular formula is C13H12N2O. The second kappa shape index (κ2) is 3.30. The Hall–Kier alpha value is -1.90. The van der Waals surface area contributed by atoms with E-state index >= 15 is 0 Å². The van der Waals surface area contributed by atoms with Crippen LogP contribution in [-0.4, -0.2) is 15.8 Å². The molecule has 0 unspecified atom stereocenters. The molecule has 0 aliphatic carbocycles. The van der Waals surface area contributed by atoms with E-state index in [0.717, 1.165) is 24.8 Å². The van der Waals surface area contributed by atoms with Gasteiger partial charge in [0.15, 0.2) is 6.29 Å². The third-order valence-electron chi connectivity index (χ3n) is 3.14. The first kappa shape index (κ1) is 9.33. The Kier molecular flexibility index (Phi) is 1.93. The second-order valence-electron chi connectivity index (χ2n) is 4.20. The molecule has 3 heteroatoms. The van der Waals surface area contributed by atoms with E-state index in [1.54, 1.807) is 6.33 Å². The topological polar surface area (TPSA) is 34.9 Å². The van der Waals surface area contributed by atoms with Gasteiger partial charge in [-0.05, 0) is 37.0 Å². The van der Waals surface area contributed by atoms with Crippen molar-refractivity contribution in [3.8, 4) is 5.69 Å². The van der Waals surface area contributed by atoms with Gasteiger partial charge in [-0.15, -0.1) is 0 Å². The van der Waals surface area contributed by atoms with Crippen molar-refractivity contribution in [2.45, 2.75) is 19.8 Å². The number of carbonyl (C=O) groups excluding carboxylic acids is 1. The predicted octanol–water partition coefficient (Wildman–Crippen LogP) is 2.09. The number of imidazole rings is 1. The summed E-state index contributed by atoms with van der Waals surface area (Å²) in [5, 5.41) is 0. The van der Waals surface area contributed by atoms with E-state index in [9.17, 15) is 4.79 Å². The van der Waals surface area contributed by atoms with Crippen molar-refractivity contribution >= 4 is 6.29 Å². The summed E-state index contributed by atoms with van der Waals surface area (Å²) in [6.07, 6.45) is 4.47. The van der Waals surface area contributed by atoms with Gasteiger partial charge < -0.3 is 4.57 Å². The molecule has 0 amide bonds. The zero-order chi connectivity index (χ0) is 11.1. The lowest BCUT2D eigenvalue weighted by Crippen LogP contribution is -2.12. The van der Waals surface area contributed by atoms with Gasteiger partial charge in [0.25, 0.3) is 0 Å². The fourth-order valence-electron chi connectivity index (χ4n) is 2.30. The molecule has 16 heavy (non-hydrogen) atoms. The number of aldehydes is 1. The summed E-state index contributed by atoms with van der Waals surface area (Å²) in [5.74, 6) is 0. The van der Waals surface area contributed by atoms with Crippen LogP contribution in [0.1, 0.15) is 27.3 Å². The van der Waals surface area contributed by atoms with Crippen LogP contribution in [0.25, 0.3) is 5.69 Å². The largest absolute Gasteiger partial charge is 0.302 e. The molecule has 0 saturated carbocycles. The number of nitrogens with zero attached hydrogens (tertiary/aromatic N) is 2. The summed E-state index contributed by atoms with van der Waals surface area (Å²) in [4.78, 5) is 15.0. The van der Waals surface area contributed by atoms with Crippen molar-refractivity contribution in [1.29, 1.82) is 0 Å². The Morgan fingerprint density at radius 2 is 2.25 bits per heavy atom. The Labute approximate surface area is 93.7 Å². The van der Waals surface area contributed by atoms with Crippen LogP contribution in [0.4, 0.5) is 0 Å². The van der Waals surface area contributed by atoms with Crippen molar-refractivity contribution in [2.75, 3.05) is 0 Å². The predicted molar refractivity (Wildman–Crippen MR) is 61.1 cm³/mol. The number of hydrogen-bond donors (Lipinski definition) is 0. The minimum absolute atomic E-state index is 0.576. The fraction of sp³-hybridized carbons (Fsp3) is 0.231. The number of benzene rings is 1. The molecule has 2 heterocycles. The van der Waals surface area contributed by atoms with Crippen LogP contribution in [0, 0.1) is 6.92 Å². The molecule has 1 aromatic carbocycles. The molecule has 0 atom stereocenters. The molecule has 0 fully saturated rings. The van der Waals surface area contributed by atoms with Crippen molar-refractivity contribution < 1.29 is 4.79 Å². The summed E-state index contributed by atoms with van der Waals surface area (Å²) in [5.41, 5.74) is 5.34. The number of carbonyl (C=O) groups is 1. The maximum Gasteiger partial charge on any atom is 0.170 e. The highest BCUT2D eigenvalue weighted by molar-refractivity contribution is 5.74. The Bertz CT molecular complexity index is 569. The molecule has 0 saturated heterocycles. The van der Waals surface area contributed by atoms with E-state index < -0.39 is 0 Å². The number of fused-ring (bicyclic) bond motifs is 3. The lowest BCUT2D eigenvalue weighted by Gasteiger charge is -2.19. The number of rotatable bonds is 1. The van der Waals surface area contributed by atoms with Gasteiger partial charge in [-0.2, -0.15) is 0 Å². The first-order valence-corrected chi connectivity index (χ1v) is 5.41. The van der Waals surface area contributed by atoms with Crippen LogP contribution in [0.2, 0.25) is 0 Å². The Morgan fingerprint density at radius 3 is 3.06 bits per heavy atom. The summed E-state index contributed by atoms with van der Waals surface area (Å²) in [6, 6.07) is 6.43. The molecule has 1 aliphatic rings. The summed E-state index contributed by atoms with van der Waals surface area (Å²) >= 11 is 0. The minimum atomic E-state index is 0.576. The Morgan fingerprint density at radius 1 is 1.38 bits per heavy atom. The van der Waals surface area contributed by atoms with Gasteiger partial charge in [0.2, 0.25) is 0 Å². The maximum atomic E-state index is 10.8. The maximum absolute atomic E-state index is 10.8. The van der Waals surface area contributed by atoms with Crippen LogP contribution in [0.3, 0.4) is 0 Å². The van der Waals surface area contributed by atoms with Crippen molar-refractivity contribution in [2.24, 2.45) is 0 Å². The van der Waals surface area contributed by atoms with Gasteiger partial charge in [-0.25, -0.2) is 4.98 Å². The average molecular weight is 212 g/mol. The van der Waals surface area contributed by atoms with Gasteiger partial charge in [0.05, 0.1) is 11.4 Å². The van der Waals surface area contributed by atoms with Crippen LogP contribution in [0.5, 0.6) is 0 Å². The molecule has 0 N–H and O–H groups in total. The third kappa shape index (κ3) is 1.21. The van der Waals surface area contributed by atoms with Crippen LogP contribution < -0.4 is 0 Å². The number of hydrogen-bond acceptors (Lipinski definition) is 2. The molecular weight excluding hydrogens is 200 g/mol. The minimum Gasteiger partial charge on any atom is -0.302 e. The third-order valence-corrected chi connectivity index (χ3v) is 3.14. The van der Waals surface area contributed by atoms with Crippen molar-refractivity contribution in [3.05, 3.63) is 47.0 Å². The zero-order valence-electron chi connectivity index (χ0n) is 9.10. The molecule has 1 aliphatic heterocycles. The molecule has 3 rings (SSSR count). The van der Waals surface area contributed by atoms with Gasteiger partial charge in [0, 0.05) is 0 Å². The van der Waals surface area contributed by atoms with Crippen LogP contribution in [0.15, 0.2) is 24.5 Å². The highest BCUT2D eigenvalue weighted by atomic mass is 16.1. The molecule has 80 valence electrons. The first-order valence-electron chi connectivity index (χ1n) is 5.41. The summed E-state index contributed by atoms with van der Waals surface area (Å²) in [7, 11) is 0. The Balaban J connectivity index is 2.26. The molecule has 0 spiro atoms. The van der Waals surface area contributed by atoms with E-state index in [0.29, 0.717) is 5.69 Å². The normalized spacial score (nSPS) is 13.1. The lowest BCUT2D eigenvalue weighted by atomic mass is 9.99. The average Bonchev–Trinajstić information content (AvgIpc) is 2.72. The summed E-state index contributed by atoms with van der Waals surface area (Å²) in [6.45, 7) is 2.08. The standard InChI is InChI=1S/C13H12N2O/c1-9-2-3-10-4-5-12-11(7-16)14-8-15(12)13(10)6-9/h2-3,6-8H,4-5H2,1H3. The lowest BCUT2D eigenvalue weighted by molar-refractivity contribution is 0.111. The van der Waals surface area contributed by atoms with Gasteiger partial charge in [-0.1, -0.05) is 12.1 Å². The van der Waals surface area contributed by atoms with Gasteiger partial charge in [0.1, 0.15) is 12.0 Å². The van der Waals surface area contributed by atoms with E-state index in [-0.39, 0.29) is 0 Å². The molecule has 0 bridgehead atoms. The van der Waals surface area contributed by atoms with E-state index in [1.807, 2.05) is 4.57 Å². The highest BCUT2D eigenvalue weighted by Crippen LogP contribution is 2.26. The smallest absolute Gasteiger partial charge is 0.170 e. The van der Waals surface area contributed by atoms with Crippen LogP contribution in [-0.2, 0) is 12.8 Å². The zero-order valence-corrected chi connectivity index (χ0v) is 9.10. The van der Waals surface area contributed by atoms with Crippen LogP contribution >= 0.6 is 0 Å². The van der Waals surface area contributed by atoms with Gasteiger partial charge >= 0.3 is 0 Å². The van der Waals surface area contributed by atoms with Crippen molar-refractivity contribution in [3.63, 3.8) is 0 Å². The summed E-state index contributed by atoms with van der Waals surface area (Å²) < 4.78 is 2.04. The highest BCUT2D eigenvalue weighted by Gasteiger charge is 2.19. The molecule has 3 nitrogen and oxygen atoms in total. The van der Waals surface area contributed by atoms with E-state index in [2.05, 4.69) is 30.1 Å². The monoisotopic (exact) mass is 212 g/mol. The molecule has 0 radical (unpaired) electrons. The number of aryl methyl sites for hydroxylation is 2. The van der Waals surface area contributed by atoms with Crippen molar-refractivity contribution in [1.82, 2.24) is 9.55 Å². The second-order valence-corrected chi connectivity index (χ2v) is 4.20. The van der Waals surface area contributed by atoms with E-state index in [4.69, 9.17) is 0 Å². The molecule has 2 aromatic rings. The SMILES string of the molecule is Cc1ccc2c(c1)-n1cnc(C=O)c1CC2. The fourth-order valence-corrected chi connectivity index (χ4v) is 2.30.